The van der Waals surface area contributed by atoms with Crippen LogP contribution < -0.4 is 11.1 Å². The number of nitrogens with two attached hydrogens (primary N) is 1. The minimum Gasteiger partial charge on any atom is -0.387 e. The summed E-state index contributed by atoms with van der Waals surface area (Å²) in [6, 6.07) is 9.93. The van der Waals surface area contributed by atoms with Crippen LogP contribution in [0.3, 0.4) is 0 Å². The molecule has 39 heavy (non-hydrogen) atoms. The van der Waals surface area contributed by atoms with E-state index in [1.54, 1.807) is 6.08 Å². The van der Waals surface area contributed by atoms with E-state index >= 15 is 0 Å². The number of hydrogen-bond donors (Lipinski definition) is 2. The number of amidine groups is 1. The van der Waals surface area contributed by atoms with Crippen LogP contribution in [-0.2, 0) is 11.3 Å². The lowest BCUT2D eigenvalue weighted by molar-refractivity contribution is -0.112. The van der Waals surface area contributed by atoms with Crippen molar-refractivity contribution >= 4 is 72.4 Å². The number of piperazine rings is 1. The zero-order valence-electron chi connectivity index (χ0n) is 22.4. The molecule has 0 atom stereocenters. The first kappa shape index (κ1) is 27.9. The fraction of sp³-hybridized carbons (Fsp3) is 0.379. The molecule has 3 aromatic rings. The molecular weight excluding hydrogens is 621 g/mol. The minimum absolute atomic E-state index is 0.236. The van der Waals surface area contributed by atoms with Gasteiger partial charge in [0.05, 0.1) is 5.69 Å². The molecule has 1 aliphatic carbocycles. The third kappa shape index (κ3) is 7.10. The standard InChI is InChI=1S/C29H34IN7OS/c1-4-36-11-13-37(14-12-36)17-21-7-8-22(16-23(21)30)32-27(38)19(3)15-18(2)24-9-10-25-28(33-24)39-29(34-25)35-26(31)20-5-6-20/h7-10,15-16,20H,3-6,11-14,17H2,1-2H3,(H,32,38)(H2,31,34,35)/b18-15+. The fourth-order valence-electron chi connectivity index (χ4n) is 4.52. The summed E-state index contributed by atoms with van der Waals surface area (Å²) in [4.78, 5) is 32.4. The molecule has 0 unspecified atom stereocenters. The zero-order valence-corrected chi connectivity index (χ0v) is 25.4. The van der Waals surface area contributed by atoms with E-state index < -0.39 is 0 Å². The first-order valence-corrected chi connectivity index (χ1v) is 15.2. The number of fused-ring (bicyclic) bond motifs is 1. The van der Waals surface area contributed by atoms with Gasteiger partial charge >= 0.3 is 0 Å². The monoisotopic (exact) mass is 655 g/mol. The van der Waals surface area contributed by atoms with Crippen molar-refractivity contribution in [1.82, 2.24) is 19.8 Å². The molecule has 2 aromatic heterocycles. The van der Waals surface area contributed by atoms with E-state index in [0.717, 1.165) is 83.0 Å². The van der Waals surface area contributed by atoms with Gasteiger partial charge in [0.1, 0.15) is 16.2 Å². The number of amides is 1. The van der Waals surface area contributed by atoms with Gasteiger partial charge in [0.15, 0.2) is 0 Å². The number of likely N-dealkylation sites (N-methyl/N-ethyl adjacent to an activating group) is 1. The molecule has 2 fully saturated rings. The van der Waals surface area contributed by atoms with Crippen molar-refractivity contribution in [2.45, 2.75) is 33.2 Å². The average Bonchev–Trinajstić information content (AvgIpc) is 3.70. The maximum Gasteiger partial charge on any atom is 0.255 e. The fourth-order valence-corrected chi connectivity index (χ4v) is 6.04. The number of aromatic nitrogens is 2. The second-order valence-corrected chi connectivity index (χ2v) is 12.3. The van der Waals surface area contributed by atoms with Crippen molar-refractivity contribution in [3.8, 4) is 0 Å². The molecule has 1 aromatic carbocycles. The van der Waals surface area contributed by atoms with Crippen LogP contribution >= 0.6 is 33.9 Å². The summed E-state index contributed by atoms with van der Waals surface area (Å²) >= 11 is 3.78. The Bertz CT molecular complexity index is 1450. The predicted molar refractivity (Wildman–Crippen MR) is 169 cm³/mol. The molecule has 0 radical (unpaired) electrons. The third-order valence-electron chi connectivity index (χ3n) is 7.17. The Balaban J connectivity index is 1.20. The number of aliphatic imine (C=N–C) groups is 1. The summed E-state index contributed by atoms with van der Waals surface area (Å²) in [5, 5.41) is 3.61. The van der Waals surface area contributed by atoms with Crippen molar-refractivity contribution in [3.63, 3.8) is 0 Å². The van der Waals surface area contributed by atoms with Gasteiger partial charge in [-0.2, -0.15) is 0 Å². The Morgan fingerprint density at radius 3 is 2.64 bits per heavy atom. The Hall–Kier alpha value is -2.67. The van der Waals surface area contributed by atoms with Gasteiger partial charge < -0.3 is 16.0 Å². The lowest BCUT2D eigenvalue weighted by Crippen LogP contribution is -2.45. The van der Waals surface area contributed by atoms with Crippen molar-refractivity contribution in [3.05, 3.63) is 63.4 Å². The molecule has 3 N–H and O–H groups in total. The Labute approximate surface area is 247 Å². The van der Waals surface area contributed by atoms with Gasteiger partial charge in [-0.05, 0) is 90.4 Å². The summed E-state index contributed by atoms with van der Waals surface area (Å²) in [5.74, 6) is 0.818. The number of rotatable bonds is 9. The molecule has 3 heterocycles. The maximum absolute atomic E-state index is 12.9. The summed E-state index contributed by atoms with van der Waals surface area (Å²) in [6.07, 6.45) is 3.97. The minimum atomic E-state index is -0.236. The lowest BCUT2D eigenvalue weighted by atomic mass is 10.1. The predicted octanol–water partition coefficient (Wildman–Crippen LogP) is 5.43. The van der Waals surface area contributed by atoms with Crippen LogP contribution in [0.1, 0.15) is 37.9 Å². The van der Waals surface area contributed by atoms with Crippen molar-refractivity contribution in [2.75, 3.05) is 38.0 Å². The highest BCUT2D eigenvalue weighted by molar-refractivity contribution is 14.1. The number of halogens is 1. The SMILES string of the molecule is C=C(/C=C(\C)c1ccc2nc(N=C(N)C3CC3)sc2n1)C(=O)Nc1ccc(CN2CCN(CC)CC2)c(I)c1. The van der Waals surface area contributed by atoms with Crippen LogP contribution in [0.15, 0.2) is 53.6 Å². The van der Waals surface area contributed by atoms with Crippen LogP contribution in [0.4, 0.5) is 10.8 Å². The van der Waals surface area contributed by atoms with E-state index in [1.165, 1.54) is 16.9 Å². The van der Waals surface area contributed by atoms with Gasteiger partial charge in [0, 0.05) is 53.5 Å². The molecule has 0 bridgehead atoms. The number of hydrogen-bond acceptors (Lipinski definition) is 7. The van der Waals surface area contributed by atoms with Gasteiger partial charge in [-0.3, -0.25) is 9.69 Å². The number of pyridine rings is 1. The molecule has 1 saturated carbocycles. The normalized spacial score (nSPS) is 17.5. The van der Waals surface area contributed by atoms with Crippen molar-refractivity contribution < 1.29 is 4.79 Å². The van der Waals surface area contributed by atoms with Crippen molar-refractivity contribution in [2.24, 2.45) is 16.6 Å². The highest BCUT2D eigenvalue weighted by Gasteiger charge is 2.26. The summed E-state index contributed by atoms with van der Waals surface area (Å²) in [7, 11) is 0. The molecule has 2 aliphatic rings. The molecule has 5 rings (SSSR count). The van der Waals surface area contributed by atoms with E-state index in [2.05, 4.69) is 67.3 Å². The topological polar surface area (TPSA) is 99.7 Å². The molecule has 10 heteroatoms. The zero-order chi connectivity index (χ0) is 27.5. The molecule has 0 spiro atoms. The van der Waals surface area contributed by atoms with E-state index in [1.807, 2.05) is 31.2 Å². The second-order valence-electron chi connectivity index (χ2n) is 10.2. The molecular formula is C29H34IN7OS. The van der Waals surface area contributed by atoms with Crippen LogP contribution in [0, 0.1) is 9.49 Å². The van der Waals surface area contributed by atoms with Crippen molar-refractivity contribution in [1.29, 1.82) is 0 Å². The number of benzene rings is 1. The van der Waals surface area contributed by atoms with Gasteiger partial charge in [-0.25, -0.2) is 15.0 Å². The van der Waals surface area contributed by atoms with Crippen LogP contribution in [0.2, 0.25) is 0 Å². The summed E-state index contributed by atoms with van der Waals surface area (Å²) in [6.45, 7) is 14.6. The first-order valence-electron chi connectivity index (χ1n) is 13.3. The largest absolute Gasteiger partial charge is 0.387 e. The quantitative estimate of drug-likeness (QED) is 0.105. The van der Waals surface area contributed by atoms with Gasteiger partial charge in [0.2, 0.25) is 5.13 Å². The molecule has 1 saturated heterocycles. The number of carbonyl (C=O) groups excluding carboxylic acids is 1. The van der Waals surface area contributed by atoms with Gasteiger partial charge in [-0.1, -0.05) is 30.9 Å². The smallest absolute Gasteiger partial charge is 0.255 e. The summed E-state index contributed by atoms with van der Waals surface area (Å²) < 4.78 is 1.14. The van der Waals surface area contributed by atoms with Crippen LogP contribution in [0.25, 0.3) is 15.9 Å². The molecule has 204 valence electrons. The van der Waals surface area contributed by atoms with Gasteiger partial charge in [-0.15, -0.1) is 0 Å². The number of carbonyl (C=O) groups is 1. The van der Waals surface area contributed by atoms with E-state index in [0.29, 0.717) is 22.5 Å². The maximum atomic E-state index is 12.9. The molecule has 1 aliphatic heterocycles. The Morgan fingerprint density at radius 1 is 1.21 bits per heavy atom. The summed E-state index contributed by atoms with van der Waals surface area (Å²) in [5.41, 5.74) is 10.9. The molecule has 1 amide bonds. The number of nitrogens with one attached hydrogen (secondary N) is 1. The number of nitrogens with zero attached hydrogens (tertiary/aromatic N) is 5. The Kier molecular flexibility index (Phi) is 8.75. The Morgan fingerprint density at radius 2 is 1.95 bits per heavy atom. The van der Waals surface area contributed by atoms with E-state index in [9.17, 15) is 4.79 Å². The number of thiazole rings is 1. The van der Waals surface area contributed by atoms with Crippen LogP contribution in [-0.4, -0.2) is 64.2 Å². The second kappa shape index (κ2) is 12.2. The van der Waals surface area contributed by atoms with E-state index in [4.69, 9.17) is 10.7 Å². The molecule has 8 nitrogen and oxygen atoms in total. The lowest BCUT2D eigenvalue weighted by Gasteiger charge is -2.34. The highest BCUT2D eigenvalue weighted by Crippen LogP contribution is 2.33. The van der Waals surface area contributed by atoms with Gasteiger partial charge in [0.25, 0.3) is 5.91 Å². The van der Waals surface area contributed by atoms with Crippen LogP contribution in [0.5, 0.6) is 0 Å². The first-order chi connectivity index (χ1) is 18.8. The number of allylic oxidation sites excluding steroid dienone is 1. The van der Waals surface area contributed by atoms with E-state index in [-0.39, 0.29) is 5.91 Å². The third-order valence-corrected chi connectivity index (χ3v) is 9.03. The number of anilines is 1. The average molecular weight is 656 g/mol. The highest BCUT2D eigenvalue weighted by atomic mass is 127.